The first-order valence-corrected chi connectivity index (χ1v) is 4.12. The van der Waals surface area contributed by atoms with E-state index < -0.39 is 17.2 Å². The van der Waals surface area contributed by atoms with E-state index in [0.29, 0.717) is 6.20 Å². The van der Waals surface area contributed by atoms with E-state index in [1.54, 1.807) is 13.8 Å². The Morgan fingerprint density at radius 1 is 1.29 bits per heavy atom. The molecule has 0 aliphatic rings. The molecule has 0 saturated carbocycles. The molecule has 1 aromatic heterocycles. The number of aromatic amines is 1. The molecule has 1 aromatic rings. The van der Waals surface area contributed by atoms with Crippen LogP contribution in [0.15, 0.2) is 17.2 Å². The molecular weight excluding hydrogens is 195 g/mol. The van der Waals surface area contributed by atoms with Crippen molar-refractivity contribution in [2.24, 2.45) is 0 Å². The predicted octanol–water partition coefficient (Wildman–Crippen LogP) is 2.52. The number of rotatable bonds is 1. The first kappa shape index (κ1) is 10.8. The molecule has 0 radical (unpaired) electrons. The Balaban J connectivity index is 3.36. The molecule has 0 unspecified atom stereocenters. The van der Waals surface area contributed by atoms with E-state index in [2.05, 4.69) is 4.98 Å². The summed E-state index contributed by atoms with van der Waals surface area (Å²) in [6, 6.07) is 0. The summed E-state index contributed by atoms with van der Waals surface area (Å²) in [4.78, 5) is 13.7. The second-order valence-electron chi connectivity index (χ2n) is 3.31. The van der Waals surface area contributed by atoms with E-state index in [4.69, 9.17) is 0 Å². The molecular formula is C9H10F3NO. The maximum absolute atomic E-state index is 12.3. The molecule has 78 valence electrons. The van der Waals surface area contributed by atoms with Gasteiger partial charge in [-0.2, -0.15) is 13.2 Å². The number of nitrogens with one attached hydrogen (secondary N) is 1. The first-order valence-electron chi connectivity index (χ1n) is 4.12. The van der Waals surface area contributed by atoms with Gasteiger partial charge in [0.15, 0.2) is 5.43 Å². The predicted molar refractivity (Wildman–Crippen MR) is 46.2 cm³/mol. The minimum absolute atomic E-state index is 0.153. The molecule has 1 rings (SSSR count). The third-order valence-corrected chi connectivity index (χ3v) is 1.90. The van der Waals surface area contributed by atoms with Crippen LogP contribution in [0.3, 0.4) is 0 Å². The van der Waals surface area contributed by atoms with Gasteiger partial charge >= 0.3 is 6.18 Å². The average molecular weight is 205 g/mol. The largest absolute Gasteiger partial charge is 0.421 e. The van der Waals surface area contributed by atoms with Crippen molar-refractivity contribution < 1.29 is 13.2 Å². The molecule has 0 aliphatic carbocycles. The Bertz CT molecular complexity index is 378. The van der Waals surface area contributed by atoms with Gasteiger partial charge in [0.25, 0.3) is 0 Å². The van der Waals surface area contributed by atoms with Crippen molar-refractivity contribution in [2.75, 3.05) is 0 Å². The van der Waals surface area contributed by atoms with Gasteiger partial charge in [-0.15, -0.1) is 0 Å². The fraction of sp³-hybridized carbons (Fsp3) is 0.444. The fourth-order valence-electron chi connectivity index (χ4n) is 1.14. The molecule has 0 spiro atoms. The van der Waals surface area contributed by atoms with Crippen molar-refractivity contribution >= 4 is 0 Å². The van der Waals surface area contributed by atoms with Crippen LogP contribution < -0.4 is 5.43 Å². The number of halogens is 3. The SMILES string of the molecule is CC(C)c1c[nH]cc(C(F)(F)F)c1=O. The van der Waals surface area contributed by atoms with Crippen LogP contribution in [-0.4, -0.2) is 4.98 Å². The van der Waals surface area contributed by atoms with E-state index in [1.807, 2.05) is 0 Å². The molecule has 5 heteroatoms. The zero-order chi connectivity index (χ0) is 10.9. The maximum Gasteiger partial charge on any atom is 0.421 e. The lowest BCUT2D eigenvalue weighted by molar-refractivity contribution is -0.138. The number of alkyl halides is 3. The third-order valence-electron chi connectivity index (χ3n) is 1.90. The van der Waals surface area contributed by atoms with Gasteiger partial charge < -0.3 is 4.98 Å². The van der Waals surface area contributed by atoms with Crippen LogP contribution in [0.4, 0.5) is 13.2 Å². The summed E-state index contributed by atoms with van der Waals surface area (Å²) in [5.41, 5.74) is -1.92. The molecule has 0 aromatic carbocycles. The van der Waals surface area contributed by atoms with Crippen LogP contribution >= 0.6 is 0 Å². The Hall–Kier alpha value is -1.26. The molecule has 1 heterocycles. The number of aromatic nitrogens is 1. The molecule has 0 bridgehead atoms. The van der Waals surface area contributed by atoms with Crippen LogP contribution in [0.5, 0.6) is 0 Å². The van der Waals surface area contributed by atoms with Crippen molar-refractivity contribution in [3.8, 4) is 0 Å². The van der Waals surface area contributed by atoms with Crippen molar-refractivity contribution in [1.82, 2.24) is 4.98 Å². The van der Waals surface area contributed by atoms with Gasteiger partial charge in [-0.1, -0.05) is 13.8 Å². The van der Waals surface area contributed by atoms with E-state index in [-0.39, 0.29) is 11.5 Å². The summed E-state index contributed by atoms with van der Waals surface area (Å²) in [7, 11) is 0. The Morgan fingerprint density at radius 2 is 1.86 bits per heavy atom. The van der Waals surface area contributed by atoms with E-state index in [9.17, 15) is 18.0 Å². The average Bonchev–Trinajstić information content (AvgIpc) is 2.01. The number of pyridine rings is 1. The molecule has 0 aliphatic heterocycles. The van der Waals surface area contributed by atoms with Crippen LogP contribution in [0.2, 0.25) is 0 Å². The molecule has 0 saturated heterocycles. The van der Waals surface area contributed by atoms with Gasteiger partial charge in [-0.05, 0) is 5.92 Å². The number of hydrogen-bond acceptors (Lipinski definition) is 1. The summed E-state index contributed by atoms with van der Waals surface area (Å²) in [5, 5.41) is 0. The quantitative estimate of drug-likeness (QED) is 0.750. The molecule has 1 N–H and O–H groups in total. The summed E-state index contributed by atoms with van der Waals surface area (Å²) >= 11 is 0. The monoisotopic (exact) mass is 205 g/mol. The van der Waals surface area contributed by atoms with Crippen LogP contribution in [0.1, 0.15) is 30.9 Å². The smallest absolute Gasteiger partial charge is 0.367 e. The van der Waals surface area contributed by atoms with Crippen LogP contribution in [-0.2, 0) is 6.18 Å². The molecule has 14 heavy (non-hydrogen) atoms. The zero-order valence-electron chi connectivity index (χ0n) is 7.77. The van der Waals surface area contributed by atoms with E-state index >= 15 is 0 Å². The first-order chi connectivity index (χ1) is 6.34. The standard InChI is InChI=1S/C9H10F3NO/c1-5(2)6-3-13-4-7(8(6)14)9(10,11)12/h3-5H,1-2H3,(H,13,14). The van der Waals surface area contributed by atoms with E-state index in [0.717, 1.165) is 0 Å². The Labute approximate surface area is 78.8 Å². The highest BCUT2D eigenvalue weighted by atomic mass is 19.4. The molecule has 0 fully saturated rings. The van der Waals surface area contributed by atoms with Gasteiger partial charge in [0.1, 0.15) is 5.56 Å². The number of hydrogen-bond donors (Lipinski definition) is 1. The minimum Gasteiger partial charge on any atom is -0.367 e. The van der Waals surface area contributed by atoms with Crippen molar-refractivity contribution in [2.45, 2.75) is 25.9 Å². The van der Waals surface area contributed by atoms with Crippen molar-refractivity contribution in [3.63, 3.8) is 0 Å². The molecule has 2 nitrogen and oxygen atoms in total. The normalized spacial score (nSPS) is 12.1. The highest BCUT2D eigenvalue weighted by Crippen LogP contribution is 2.26. The van der Waals surface area contributed by atoms with Gasteiger partial charge in [-0.25, -0.2) is 0 Å². The van der Waals surface area contributed by atoms with Gasteiger partial charge in [0, 0.05) is 18.0 Å². The van der Waals surface area contributed by atoms with Crippen LogP contribution in [0, 0.1) is 0 Å². The zero-order valence-corrected chi connectivity index (χ0v) is 7.77. The summed E-state index contributed by atoms with van der Waals surface area (Å²) in [6.07, 6.45) is -2.59. The Kier molecular flexibility index (Phi) is 2.69. The maximum atomic E-state index is 12.3. The lowest BCUT2D eigenvalue weighted by Crippen LogP contribution is -2.23. The lowest BCUT2D eigenvalue weighted by atomic mass is 10.0. The van der Waals surface area contributed by atoms with Gasteiger partial charge in [-0.3, -0.25) is 4.79 Å². The Morgan fingerprint density at radius 3 is 2.29 bits per heavy atom. The summed E-state index contributed by atoms with van der Waals surface area (Å²) in [5.74, 6) is -0.221. The molecule has 0 atom stereocenters. The second kappa shape index (κ2) is 3.48. The summed E-state index contributed by atoms with van der Waals surface area (Å²) < 4.78 is 36.8. The minimum atomic E-state index is -4.58. The number of H-pyrrole nitrogens is 1. The van der Waals surface area contributed by atoms with Gasteiger partial charge in [0.05, 0.1) is 0 Å². The third kappa shape index (κ3) is 1.97. The fourth-order valence-corrected chi connectivity index (χ4v) is 1.14. The summed E-state index contributed by atoms with van der Waals surface area (Å²) in [6.45, 7) is 3.34. The van der Waals surface area contributed by atoms with Crippen LogP contribution in [0.25, 0.3) is 0 Å². The topological polar surface area (TPSA) is 32.9 Å². The van der Waals surface area contributed by atoms with Crippen molar-refractivity contribution in [1.29, 1.82) is 0 Å². The van der Waals surface area contributed by atoms with E-state index in [1.165, 1.54) is 6.20 Å². The second-order valence-corrected chi connectivity index (χ2v) is 3.31. The lowest BCUT2D eigenvalue weighted by Gasteiger charge is -2.09. The molecule has 0 amide bonds. The highest BCUT2D eigenvalue weighted by Gasteiger charge is 2.34. The van der Waals surface area contributed by atoms with Gasteiger partial charge in [0.2, 0.25) is 0 Å². The van der Waals surface area contributed by atoms with Crippen molar-refractivity contribution in [3.05, 3.63) is 33.7 Å². The highest BCUT2D eigenvalue weighted by molar-refractivity contribution is 5.23.